The van der Waals surface area contributed by atoms with Crippen molar-refractivity contribution in [3.8, 4) is 11.3 Å². The first kappa shape index (κ1) is 14.8. The lowest BCUT2D eigenvalue weighted by Gasteiger charge is -2.26. The Morgan fingerprint density at radius 3 is 2.50 bits per heavy atom. The monoisotopic (exact) mass is 320 g/mol. The molecule has 1 fully saturated rings. The number of amides is 1. The molecule has 0 spiro atoms. The van der Waals surface area contributed by atoms with Crippen molar-refractivity contribution in [1.29, 1.82) is 0 Å². The molecule has 2 N–H and O–H groups in total. The van der Waals surface area contributed by atoms with Crippen LogP contribution < -0.4 is 5.73 Å². The number of piperidine rings is 1. The Morgan fingerprint density at radius 1 is 1.00 bits per heavy atom. The van der Waals surface area contributed by atoms with Crippen LogP contribution >= 0.6 is 0 Å². The smallest absolute Gasteiger partial charge is 0.257 e. The maximum Gasteiger partial charge on any atom is 0.257 e. The summed E-state index contributed by atoms with van der Waals surface area (Å²) in [6.45, 7) is 1.68. The predicted molar refractivity (Wildman–Crippen MR) is 94.8 cm³/mol. The summed E-state index contributed by atoms with van der Waals surface area (Å²) >= 11 is 0. The molecule has 1 aliphatic rings. The average Bonchev–Trinajstić information content (AvgIpc) is 3.07. The van der Waals surface area contributed by atoms with Gasteiger partial charge in [0.15, 0.2) is 0 Å². The van der Waals surface area contributed by atoms with Crippen molar-refractivity contribution < 1.29 is 4.79 Å². The summed E-state index contributed by atoms with van der Waals surface area (Å²) in [6, 6.07) is 13.6. The number of carbonyl (C=O) groups is 1. The summed E-state index contributed by atoms with van der Waals surface area (Å²) < 4.78 is 1.84. The lowest BCUT2D eigenvalue weighted by molar-refractivity contribution is 0.0726. The van der Waals surface area contributed by atoms with Crippen LogP contribution in [-0.4, -0.2) is 33.5 Å². The van der Waals surface area contributed by atoms with E-state index in [4.69, 9.17) is 5.73 Å². The minimum absolute atomic E-state index is 0.0826. The van der Waals surface area contributed by atoms with Gasteiger partial charge in [0.2, 0.25) is 0 Å². The molecule has 0 radical (unpaired) electrons. The highest BCUT2D eigenvalue weighted by atomic mass is 16.2. The van der Waals surface area contributed by atoms with Crippen molar-refractivity contribution in [2.45, 2.75) is 19.3 Å². The molecule has 2 aromatic heterocycles. The Morgan fingerprint density at radius 2 is 1.75 bits per heavy atom. The van der Waals surface area contributed by atoms with Crippen LogP contribution in [0.25, 0.3) is 16.8 Å². The van der Waals surface area contributed by atoms with Crippen molar-refractivity contribution in [3.63, 3.8) is 0 Å². The molecule has 4 rings (SSSR count). The first-order valence-electron chi connectivity index (χ1n) is 8.36. The number of pyridine rings is 1. The number of hydrogen-bond donors (Lipinski definition) is 1. The van der Waals surface area contributed by atoms with E-state index < -0.39 is 0 Å². The van der Waals surface area contributed by atoms with E-state index in [-0.39, 0.29) is 5.91 Å². The molecule has 0 unspecified atom stereocenters. The summed E-state index contributed by atoms with van der Waals surface area (Å²) in [5, 5.41) is 4.47. The van der Waals surface area contributed by atoms with Crippen LogP contribution in [0.4, 0.5) is 5.69 Å². The molecular weight excluding hydrogens is 300 g/mol. The van der Waals surface area contributed by atoms with Gasteiger partial charge in [0.05, 0.1) is 23.0 Å². The Kier molecular flexibility index (Phi) is 3.69. The maximum absolute atomic E-state index is 12.8. The lowest BCUT2D eigenvalue weighted by atomic mass is 10.1. The van der Waals surface area contributed by atoms with E-state index >= 15 is 0 Å². The maximum atomic E-state index is 12.8. The number of likely N-dealkylation sites (tertiary alicyclic amines) is 1. The number of fused-ring (bicyclic) bond motifs is 1. The molecule has 24 heavy (non-hydrogen) atoms. The molecule has 0 aliphatic carbocycles. The third-order valence-electron chi connectivity index (χ3n) is 4.62. The molecule has 1 amide bonds. The summed E-state index contributed by atoms with van der Waals surface area (Å²) in [7, 11) is 0. The number of rotatable bonds is 2. The zero-order valence-corrected chi connectivity index (χ0v) is 13.5. The first-order chi connectivity index (χ1) is 11.7. The topological polar surface area (TPSA) is 63.6 Å². The molecule has 5 nitrogen and oxygen atoms in total. The highest BCUT2D eigenvalue weighted by Gasteiger charge is 2.22. The average molecular weight is 320 g/mol. The highest BCUT2D eigenvalue weighted by molar-refractivity contribution is 6.01. The van der Waals surface area contributed by atoms with E-state index in [1.165, 1.54) is 6.42 Å². The van der Waals surface area contributed by atoms with E-state index in [0.29, 0.717) is 5.56 Å². The molecule has 0 atom stereocenters. The molecule has 0 bridgehead atoms. The Labute approximate surface area is 140 Å². The van der Waals surface area contributed by atoms with Gasteiger partial charge < -0.3 is 10.6 Å². The zero-order chi connectivity index (χ0) is 16.5. The number of aromatic nitrogens is 2. The number of nitrogens with zero attached hydrogens (tertiary/aromatic N) is 3. The number of carbonyl (C=O) groups excluding carboxylic acids is 1. The fourth-order valence-corrected chi connectivity index (χ4v) is 3.32. The van der Waals surface area contributed by atoms with Crippen molar-refractivity contribution in [2.24, 2.45) is 0 Å². The third kappa shape index (κ3) is 2.52. The van der Waals surface area contributed by atoms with Crippen molar-refractivity contribution in [1.82, 2.24) is 14.5 Å². The van der Waals surface area contributed by atoms with E-state index in [1.54, 1.807) is 6.20 Å². The van der Waals surface area contributed by atoms with Crippen LogP contribution in [0.5, 0.6) is 0 Å². The number of anilines is 1. The number of nitrogen functional groups attached to an aromatic ring is 1. The molecule has 122 valence electrons. The van der Waals surface area contributed by atoms with Gasteiger partial charge in [0, 0.05) is 24.3 Å². The fourth-order valence-electron chi connectivity index (χ4n) is 3.32. The second kappa shape index (κ2) is 6.00. The van der Waals surface area contributed by atoms with Gasteiger partial charge in [-0.3, -0.25) is 4.79 Å². The quantitative estimate of drug-likeness (QED) is 0.737. The molecule has 3 aromatic rings. The van der Waals surface area contributed by atoms with Gasteiger partial charge in [0.25, 0.3) is 5.91 Å². The van der Waals surface area contributed by atoms with E-state index in [0.717, 1.165) is 48.4 Å². The minimum atomic E-state index is 0.0826. The Bertz CT molecular complexity index is 876. The number of benzene rings is 1. The van der Waals surface area contributed by atoms with E-state index in [2.05, 4.69) is 5.10 Å². The Balaban J connectivity index is 1.76. The largest absolute Gasteiger partial charge is 0.399 e. The van der Waals surface area contributed by atoms with Crippen molar-refractivity contribution >= 4 is 17.1 Å². The van der Waals surface area contributed by atoms with Gasteiger partial charge in [-0.1, -0.05) is 18.2 Å². The van der Waals surface area contributed by atoms with Gasteiger partial charge in [-0.15, -0.1) is 0 Å². The SMILES string of the molecule is Nc1ccc(-c2cccc3c(C(=O)N4CCCCC4)cnn23)cc1. The van der Waals surface area contributed by atoms with Crippen LogP contribution in [0.15, 0.2) is 48.7 Å². The molecule has 0 saturated carbocycles. The third-order valence-corrected chi connectivity index (χ3v) is 4.62. The van der Waals surface area contributed by atoms with Crippen molar-refractivity contribution in [2.75, 3.05) is 18.8 Å². The molecule has 1 aliphatic heterocycles. The minimum Gasteiger partial charge on any atom is -0.399 e. The van der Waals surface area contributed by atoms with Gasteiger partial charge in [-0.2, -0.15) is 5.10 Å². The standard InChI is InChI=1S/C19H20N4O/c20-15-9-7-14(8-10-15)17-5-4-6-18-16(13-21-23(17)18)19(24)22-11-2-1-3-12-22/h4-10,13H,1-3,11-12,20H2. The predicted octanol–water partition coefficient (Wildman–Crippen LogP) is 3.21. The second-order valence-corrected chi connectivity index (χ2v) is 6.24. The molecule has 5 heteroatoms. The highest BCUT2D eigenvalue weighted by Crippen LogP contribution is 2.24. The van der Waals surface area contributed by atoms with E-state index in [1.807, 2.05) is 51.9 Å². The summed E-state index contributed by atoms with van der Waals surface area (Å²) in [6.07, 6.45) is 5.07. The van der Waals surface area contributed by atoms with Crippen LogP contribution in [0.1, 0.15) is 29.6 Å². The first-order valence-corrected chi connectivity index (χ1v) is 8.36. The van der Waals surface area contributed by atoms with Crippen molar-refractivity contribution in [3.05, 3.63) is 54.2 Å². The van der Waals surface area contributed by atoms with Gasteiger partial charge in [0.1, 0.15) is 0 Å². The van der Waals surface area contributed by atoms with Gasteiger partial charge >= 0.3 is 0 Å². The fraction of sp³-hybridized carbons (Fsp3) is 0.263. The van der Waals surface area contributed by atoms with E-state index in [9.17, 15) is 4.79 Å². The summed E-state index contributed by atoms with van der Waals surface area (Å²) in [5.41, 5.74) is 9.99. The second-order valence-electron chi connectivity index (χ2n) is 6.24. The summed E-state index contributed by atoms with van der Waals surface area (Å²) in [4.78, 5) is 14.8. The van der Waals surface area contributed by atoms with Gasteiger partial charge in [-0.05, 0) is 43.5 Å². The lowest BCUT2D eigenvalue weighted by Crippen LogP contribution is -2.35. The van der Waals surface area contributed by atoms with Crippen LogP contribution in [-0.2, 0) is 0 Å². The van der Waals surface area contributed by atoms with Crippen LogP contribution in [0.2, 0.25) is 0 Å². The zero-order valence-electron chi connectivity index (χ0n) is 13.5. The van der Waals surface area contributed by atoms with Crippen LogP contribution in [0, 0.1) is 0 Å². The Hall–Kier alpha value is -2.82. The summed E-state index contributed by atoms with van der Waals surface area (Å²) in [5.74, 6) is 0.0826. The molecule has 1 aromatic carbocycles. The number of hydrogen-bond acceptors (Lipinski definition) is 3. The van der Waals surface area contributed by atoms with Crippen LogP contribution in [0.3, 0.4) is 0 Å². The molecule has 1 saturated heterocycles. The molecule has 3 heterocycles. The normalized spacial score (nSPS) is 14.9. The molecular formula is C19H20N4O. The van der Waals surface area contributed by atoms with Gasteiger partial charge in [-0.25, -0.2) is 4.52 Å². The number of nitrogens with two attached hydrogens (primary N) is 1.